The van der Waals surface area contributed by atoms with Crippen LogP contribution >= 0.6 is 0 Å². The van der Waals surface area contributed by atoms with Crippen molar-refractivity contribution in [3.8, 4) is 0 Å². The van der Waals surface area contributed by atoms with Crippen LogP contribution in [0.2, 0.25) is 0 Å². The lowest BCUT2D eigenvalue weighted by Crippen LogP contribution is -2.41. The second-order valence-corrected chi connectivity index (χ2v) is 4.22. The summed E-state index contributed by atoms with van der Waals surface area (Å²) in [5, 5.41) is 0. The Labute approximate surface area is 79.6 Å². The van der Waals surface area contributed by atoms with E-state index >= 15 is 0 Å². The van der Waals surface area contributed by atoms with Crippen molar-refractivity contribution in [2.45, 2.75) is 39.7 Å². The maximum absolute atomic E-state index is 11.3. The number of rotatable bonds is 4. The van der Waals surface area contributed by atoms with E-state index in [2.05, 4.69) is 6.92 Å². The van der Waals surface area contributed by atoms with Crippen molar-refractivity contribution in [3.05, 3.63) is 0 Å². The van der Waals surface area contributed by atoms with Gasteiger partial charge in [0.05, 0.1) is 6.61 Å². The Morgan fingerprint density at radius 2 is 2.15 bits per heavy atom. The first-order valence-corrected chi connectivity index (χ1v) is 4.93. The molecule has 1 saturated carbocycles. The van der Waals surface area contributed by atoms with Crippen molar-refractivity contribution in [1.82, 2.24) is 0 Å². The number of hydrogen-bond acceptors (Lipinski definition) is 3. The molecule has 0 aromatic rings. The van der Waals surface area contributed by atoms with E-state index in [1.54, 1.807) is 6.92 Å². The molecule has 1 aliphatic rings. The van der Waals surface area contributed by atoms with Crippen LogP contribution in [-0.4, -0.2) is 18.6 Å². The van der Waals surface area contributed by atoms with Crippen molar-refractivity contribution in [2.24, 2.45) is 17.1 Å². The summed E-state index contributed by atoms with van der Waals surface area (Å²) < 4.78 is 4.88. The first kappa shape index (κ1) is 10.5. The van der Waals surface area contributed by atoms with Gasteiger partial charge in [-0.1, -0.05) is 13.8 Å². The first-order valence-electron chi connectivity index (χ1n) is 4.93. The molecule has 0 aromatic carbocycles. The van der Waals surface area contributed by atoms with E-state index in [0.29, 0.717) is 6.61 Å². The van der Waals surface area contributed by atoms with E-state index in [4.69, 9.17) is 10.5 Å². The molecule has 1 rings (SSSR count). The summed E-state index contributed by atoms with van der Waals surface area (Å²) in [4.78, 5) is 11.3. The van der Waals surface area contributed by atoms with Crippen molar-refractivity contribution in [2.75, 3.05) is 6.61 Å². The molecule has 0 aliphatic heterocycles. The van der Waals surface area contributed by atoms with Gasteiger partial charge in [-0.2, -0.15) is 0 Å². The SMILES string of the molecule is CCOC(=O)C(N)C(C)C1(C)CC1. The highest BCUT2D eigenvalue weighted by atomic mass is 16.5. The van der Waals surface area contributed by atoms with E-state index in [9.17, 15) is 4.79 Å². The van der Waals surface area contributed by atoms with Gasteiger partial charge in [0, 0.05) is 0 Å². The van der Waals surface area contributed by atoms with Gasteiger partial charge in [0.1, 0.15) is 6.04 Å². The van der Waals surface area contributed by atoms with Crippen molar-refractivity contribution < 1.29 is 9.53 Å². The maximum Gasteiger partial charge on any atom is 0.323 e. The lowest BCUT2D eigenvalue weighted by molar-refractivity contribution is -0.146. The van der Waals surface area contributed by atoms with E-state index in [1.807, 2.05) is 6.92 Å². The van der Waals surface area contributed by atoms with Gasteiger partial charge in [-0.25, -0.2) is 0 Å². The van der Waals surface area contributed by atoms with Crippen LogP contribution in [0.1, 0.15) is 33.6 Å². The van der Waals surface area contributed by atoms with Gasteiger partial charge in [0.2, 0.25) is 0 Å². The highest BCUT2D eigenvalue weighted by molar-refractivity contribution is 5.76. The first-order chi connectivity index (χ1) is 6.01. The molecule has 3 heteroatoms. The third kappa shape index (κ3) is 2.21. The Balaban J connectivity index is 2.46. The molecular weight excluding hydrogens is 166 g/mol. The number of nitrogens with two attached hydrogens (primary N) is 1. The molecule has 1 aliphatic carbocycles. The summed E-state index contributed by atoms with van der Waals surface area (Å²) in [7, 11) is 0. The molecule has 0 saturated heterocycles. The van der Waals surface area contributed by atoms with Gasteiger partial charge in [-0.05, 0) is 31.1 Å². The molecule has 2 N–H and O–H groups in total. The Morgan fingerprint density at radius 1 is 1.62 bits per heavy atom. The summed E-state index contributed by atoms with van der Waals surface area (Å²) >= 11 is 0. The van der Waals surface area contributed by atoms with Gasteiger partial charge < -0.3 is 10.5 Å². The smallest absolute Gasteiger partial charge is 0.323 e. The number of ether oxygens (including phenoxy) is 1. The molecule has 0 amide bonds. The van der Waals surface area contributed by atoms with Crippen molar-refractivity contribution >= 4 is 5.97 Å². The molecule has 1 fully saturated rings. The topological polar surface area (TPSA) is 52.3 Å². The molecule has 13 heavy (non-hydrogen) atoms. The Morgan fingerprint density at radius 3 is 2.54 bits per heavy atom. The van der Waals surface area contributed by atoms with Crippen LogP contribution in [0.3, 0.4) is 0 Å². The fourth-order valence-corrected chi connectivity index (χ4v) is 1.53. The standard InChI is InChI=1S/C10H19NO2/c1-4-13-9(12)8(11)7(2)10(3)5-6-10/h7-8H,4-6,11H2,1-3H3. The zero-order chi connectivity index (χ0) is 10.1. The molecule has 0 heterocycles. The maximum atomic E-state index is 11.3. The predicted molar refractivity (Wildman–Crippen MR) is 51.1 cm³/mol. The van der Waals surface area contributed by atoms with Crippen molar-refractivity contribution in [3.63, 3.8) is 0 Å². The van der Waals surface area contributed by atoms with Gasteiger partial charge in [0.15, 0.2) is 0 Å². The second kappa shape index (κ2) is 3.66. The van der Waals surface area contributed by atoms with Crippen LogP contribution in [0.15, 0.2) is 0 Å². The summed E-state index contributed by atoms with van der Waals surface area (Å²) in [5.74, 6) is -0.0327. The minimum atomic E-state index is -0.451. The Kier molecular flexibility index (Phi) is 2.96. The predicted octanol–water partition coefficient (Wildman–Crippen LogP) is 1.31. The molecule has 0 radical (unpaired) electrons. The number of hydrogen-bond donors (Lipinski definition) is 1. The molecule has 0 spiro atoms. The molecule has 0 bridgehead atoms. The second-order valence-electron chi connectivity index (χ2n) is 4.22. The van der Waals surface area contributed by atoms with E-state index in [1.165, 1.54) is 12.8 Å². The normalized spacial score (nSPS) is 23.4. The zero-order valence-electron chi connectivity index (χ0n) is 8.67. The van der Waals surface area contributed by atoms with Crippen LogP contribution in [0, 0.1) is 11.3 Å². The highest BCUT2D eigenvalue weighted by Crippen LogP contribution is 2.52. The average molecular weight is 185 g/mol. The molecule has 0 aromatic heterocycles. The van der Waals surface area contributed by atoms with Crippen LogP contribution in [0.25, 0.3) is 0 Å². The molecule has 2 unspecified atom stereocenters. The minimum absolute atomic E-state index is 0.228. The van der Waals surface area contributed by atoms with Crippen LogP contribution in [-0.2, 0) is 9.53 Å². The summed E-state index contributed by atoms with van der Waals surface area (Å²) in [5.41, 5.74) is 6.08. The quantitative estimate of drug-likeness (QED) is 0.672. The van der Waals surface area contributed by atoms with Crippen LogP contribution in [0.5, 0.6) is 0 Å². The van der Waals surface area contributed by atoms with E-state index in [0.717, 1.165) is 0 Å². The van der Waals surface area contributed by atoms with Gasteiger partial charge >= 0.3 is 5.97 Å². The molecule has 76 valence electrons. The lowest BCUT2D eigenvalue weighted by Gasteiger charge is -2.23. The van der Waals surface area contributed by atoms with Crippen LogP contribution in [0.4, 0.5) is 0 Å². The molecule has 2 atom stereocenters. The summed E-state index contributed by atoms with van der Waals surface area (Å²) in [6, 6.07) is -0.451. The monoisotopic (exact) mass is 185 g/mol. The third-order valence-electron chi connectivity index (χ3n) is 3.24. The fourth-order valence-electron chi connectivity index (χ4n) is 1.53. The average Bonchev–Trinajstić information content (AvgIpc) is 2.83. The number of esters is 1. The van der Waals surface area contributed by atoms with Crippen molar-refractivity contribution in [1.29, 1.82) is 0 Å². The zero-order valence-corrected chi connectivity index (χ0v) is 8.67. The molecule has 3 nitrogen and oxygen atoms in total. The summed E-state index contributed by atoms with van der Waals surface area (Å²) in [6.07, 6.45) is 2.36. The van der Waals surface area contributed by atoms with E-state index < -0.39 is 6.04 Å². The van der Waals surface area contributed by atoms with Gasteiger partial charge in [0.25, 0.3) is 0 Å². The Bertz CT molecular complexity index is 199. The Hall–Kier alpha value is -0.570. The van der Waals surface area contributed by atoms with Crippen LogP contribution < -0.4 is 5.73 Å². The number of carbonyl (C=O) groups is 1. The highest BCUT2D eigenvalue weighted by Gasteiger charge is 2.46. The van der Waals surface area contributed by atoms with Gasteiger partial charge in [-0.3, -0.25) is 4.79 Å². The summed E-state index contributed by atoms with van der Waals surface area (Å²) in [6.45, 7) is 6.43. The van der Waals surface area contributed by atoms with Gasteiger partial charge in [-0.15, -0.1) is 0 Å². The molecular formula is C10H19NO2. The van der Waals surface area contributed by atoms with E-state index in [-0.39, 0.29) is 17.3 Å². The fraction of sp³-hybridized carbons (Fsp3) is 0.900. The largest absolute Gasteiger partial charge is 0.465 e. The minimum Gasteiger partial charge on any atom is -0.465 e. The lowest BCUT2D eigenvalue weighted by atomic mass is 9.86. The third-order valence-corrected chi connectivity index (χ3v) is 3.24. The number of carbonyl (C=O) groups excluding carboxylic acids is 1.